The van der Waals surface area contributed by atoms with Gasteiger partial charge >= 0.3 is 7.12 Å². The van der Waals surface area contributed by atoms with Crippen molar-refractivity contribution in [1.82, 2.24) is 4.72 Å². The number of hydrogen-bond acceptors (Lipinski definition) is 6. The van der Waals surface area contributed by atoms with E-state index in [9.17, 15) is 12.8 Å². The van der Waals surface area contributed by atoms with Gasteiger partial charge in [-0.15, -0.1) is 0 Å². The molecule has 1 saturated heterocycles. The SMILES string of the molecule is C=N/C(OC)=C(\C=C(/C)B1OC(C)(C)C(C)(C)O1)NS(=O)(=O)c1ccc(F)cc1Cl. The van der Waals surface area contributed by atoms with E-state index < -0.39 is 34.2 Å². The molecule has 1 heterocycles. The van der Waals surface area contributed by atoms with Crippen molar-refractivity contribution < 1.29 is 26.9 Å². The van der Waals surface area contributed by atoms with Gasteiger partial charge in [0.05, 0.1) is 23.3 Å². The summed E-state index contributed by atoms with van der Waals surface area (Å²) >= 11 is 5.92. The fourth-order valence-corrected chi connectivity index (χ4v) is 4.19. The maximum absolute atomic E-state index is 13.3. The maximum Gasteiger partial charge on any atom is 0.490 e. The number of hydrogen-bond donors (Lipinski definition) is 1. The smallest absolute Gasteiger partial charge is 0.480 e. The van der Waals surface area contributed by atoms with Gasteiger partial charge in [0.1, 0.15) is 16.4 Å². The molecule has 1 aromatic rings. The largest absolute Gasteiger partial charge is 0.490 e. The summed E-state index contributed by atoms with van der Waals surface area (Å²) in [7, 11) is -3.58. The van der Waals surface area contributed by atoms with Gasteiger partial charge < -0.3 is 14.0 Å². The van der Waals surface area contributed by atoms with Gasteiger partial charge in [-0.1, -0.05) is 11.6 Å². The minimum Gasteiger partial charge on any atom is -0.480 e. The lowest BCUT2D eigenvalue weighted by atomic mass is 9.79. The van der Waals surface area contributed by atoms with Crippen molar-refractivity contribution in [3.05, 3.63) is 52.2 Å². The summed E-state index contributed by atoms with van der Waals surface area (Å²) in [5.41, 5.74) is -0.591. The zero-order chi connectivity index (χ0) is 22.9. The standard InChI is InChI=1S/C19H25BClFN2O5S/c1-12(20-28-18(2,3)19(4,5)29-20)10-15(17(23-6)27-7)24-30(25,26)16-9-8-13(22)11-14(16)21/h8-11,24H,6H2,1-5,7H3/b12-10+,17-15-. The molecule has 0 spiro atoms. The molecular weight excluding hydrogens is 434 g/mol. The number of allylic oxidation sites excluding steroid dienone is 2. The van der Waals surface area contributed by atoms with Gasteiger partial charge in [0.2, 0.25) is 5.88 Å². The summed E-state index contributed by atoms with van der Waals surface area (Å²) in [4.78, 5) is 3.42. The molecule has 2 rings (SSSR count). The van der Waals surface area contributed by atoms with E-state index in [0.29, 0.717) is 5.47 Å². The molecule has 0 radical (unpaired) electrons. The second-order valence-corrected chi connectivity index (χ2v) is 9.80. The Bertz CT molecular complexity index is 992. The Labute approximate surface area is 182 Å². The Morgan fingerprint density at radius 1 is 1.30 bits per heavy atom. The van der Waals surface area contributed by atoms with Gasteiger partial charge in [-0.3, -0.25) is 4.72 Å². The number of aliphatic imine (C=N–C) groups is 1. The van der Waals surface area contributed by atoms with Gasteiger partial charge in [0.25, 0.3) is 10.0 Å². The number of ether oxygens (including phenoxy) is 1. The molecule has 0 bridgehead atoms. The lowest BCUT2D eigenvalue weighted by molar-refractivity contribution is 0.00578. The molecular formula is C19H25BClFN2O5S. The molecule has 0 saturated carbocycles. The highest BCUT2D eigenvalue weighted by molar-refractivity contribution is 7.89. The van der Waals surface area contributed by atoms with Crippen LogP contribution < -0.4 is 4.72 Å². The first kappa shape index (κ1) is 24.4. The van der Waals surface area contributed by atoms with Gasteiger partial charge in [0, 0.05) is 0 Å². The van der Waals surface area contributed by atoms with Crippen LogP contribution in [-0.2, 0) is 24.1 Å². The maximum atomic E-state index is 13.3. The van der Waals surface area contributed by atoms with Crippen molar-refractivity contribution >= 4 is 35.5 Å². The average molecular weight is 459 g/mol. The number of methoxy groups -OCH3 is 1. The summed E-state index contributed by atoms with van der Waals surface area (Å²) in [6.07, 6.45) is 1.48. The molecule has 1 aliphatic heterocycles. The minimum absolute atomic E-state index is 0.0138. The van der Waals surface area contributed by atoms with Crippen LogP contribution in [0.1, 0.15) is 34.6 Å². The third-order valence-electron chi connectivity index (χ3n) is 4.99. The fourth-order valence-electron chi connectivity index (χ4n) is 2.61. The number of rotatable bonds is 7. The molecule has 1 aliphatic rings. The number of sulfonamides is 1. The fraction of sp³-hybridized carbons (Fsp3) is 0.421. The Hall–Kier alpha value is -1.88. The molecule has 0 aromatic heterocycles. The minimum atomic E-state index is -4.19. The van der Waals surface area contributed by atoms with Crippen molar-refractivity contribution in [1.29, 1.82) is 0 Å². The predicted octanol–water partition coefficient (Wildman–Crippen LogP) is 3.85. The molecule has 0 unspecified atom stereocenters. The van der Waals surface area contributed by atoms with Gasteiger partial charge in [0.15, 0.2) is 0 Å². The molecule has 0 atom stereocenters. The van der Waals surface area contributed by atoms with E-state index in [1.807, 2.05) is 27.7 Å². The monoisotopic (exact) mass is 458 g/mol. The first-order chi connectivity index (χ1) is 13.7. The Morgan fingerprint density at radius 2 is 1.87 bits per heavy atom. The van der Waals surface area contributed by atoms with Crippen LogP contribution in [0.25, 0.3) is 0 Å². The number of nitrogens with zero attached hydrogens (tertiary/aromatic N) is 1. The van der Waals surface area contributed by atoms with Crippen molar-refractivity contribution in [2.75, 3.05) is 7.11 Å². The molecule has 0 amide bonds. The van der Waals surface area contributed by atoms with E-state index in [1.54, 1.807) is 6.92 Å². The summed E-state index contributed by atoms with van der Waals surface area (Å²) in [6, 6.07) is 2.97. The summed E-state index contributed by atoms with van der Waals surface area (Å²) < 4.78 is 58.5. The molecule has 11 heteroatoms. The highest BCUT2D eigenvalue weighted by Gasteiger charge is 2.51. The summed E-state index contributed by atoms with van der Waals surface area (Å²) in [5, 5.41) is -0.265. The second kappa shape index (κ2) is 8.70. The van der Waals surface area contributed by atoms with E-state index >= 15 is 0 Å². The van der Waals surface area contributed by atoms with E-state index in [0.717, 1.165) is 18.2 Å². The first-order valence-electron chi connectivity index (χ1n) is 9.01. The van der Waals surface area contributed by atoms with Crippen LogP contribution in [0, 0.1) is 5.82 Å². The molecule has 0 aliphatic carbocycles. The van der Waals surface area contributed by atoms with Crippen LogP contribution in [-0.4, -0.2) is 40.6 Å². The average Bonchev–Trinajstić information content (AvgIpc) is 2.83. The van der Waals surface area contributed by atoms with E-state index in [-0.39, 0.29) is 21.5 Å². The first-order valence-corrected chi connectivity index (χ1v) is 10.9. The van der Waals surface area contributed by atoms with Crippen LogP contribution in [0.5, 0.6) is 0 Å². The number of halogens is 2. The van der Waals surface area contributed by atoms with Crippen molar-refractivity contribution in [3.63, 3.8) is 0 Å². The Balaban J connectivity index is 2.44. The third kappa shape index (κ3) is 5.05. The van der Waals surface area contributed by atoms with E-state index in [1.165, 1.54) is 13.2 Å². The molecule has 1 fully saturated rings. The Morgan fingerprint density at radius 3 is 2.33 bits per heavy atom. The molecule has 164 valence electrons. The zero-order valence-corrected chi connectivity index (χ0v) is 19.3. The van der Waals surface area contributed by atoms with Crippen LogP contribution in [0.2, 0.25) is 5.02 Å². The van der Waals surface area contributed by atoms with Gasteiger partial charge in [-0.05, 0) is 71.1 Å². The summed E-state index contributed by atoms with van der Waals surface area (Å²) in [5.74, 6) is -0.732. The Kier molecular flexibility index (Phi) is 7.08. The second-order valence-electron chi connectivity index (χ2n) is 7.74. The molecule has 1 N–H and O–H groups in total. The van der Waals surface area contributed by atoms with Crippen molar-refractivity contribution in [2.24, 2.45) is 4.99 Å². The van der Waals surface area contributed by atoms with E-state index in [4.69, 9.17) is 25.6 Å². The third-order valence-corrected chi connectivity index (χ3v) is 6.84. The summed E-state index contributed by atoms with van der Waals surface area (Å²) in [6.45, 7) is 12.7. The highest BCUT2D eigenvalue weighted by Crippen LogP contribution is 2.38. The van der Waals surface area contributed by atoms with Gasteiger partial charge in [-0.2, -0.15) is 0 Å². The quantitative estimate of drug-likeness (QED) is 0.290. The lowest BCUT2D eigenvalue weighted by Gasteiger charge is -2.32. The van der Waals surface area contributed by atoms with Crippen molar-refractivity contribution in [2.45, 2.75) is 50.7 Å². The topological polar surface area (TPSA) is 86.2 Å². The predicted molar refractivity (Wildman–Crippen MR) is 115 cm³/mol. The van der Waals surface area contributed by atoms with Crippen LogP contribution in [0.15, 0.2) is 51.2 Å². The molecule has 1 aromatic carbocycles. The zero-order valence-electron chi connectivity index (χ0n) is 17.7. The number of nitrogens with one attached hydrogen (secondary N) is 1. The van der Waals surface area contributed by atoms with Crippen molar-refractivity contribution in [3.8, 4) is 0 Å². The normalized spacial score (nSPS) is 19.3. The molecule has 7 nitrogen and oxygen atoms in total. The van der Waals surface area contributed by atoms with Crippen LogP contribution in [0.4, 0.5) is 4.39 Å². The van der Waals surface area contributed by atoms with Crippen LogP contribution in [0.3, 0.4) is 0 Å². The number of benzene rings is 1. The highest BCUT2D eigenvalue weighted by atomic mass is 35.5. The lowest BCUT2D eigenvalue weighted by Crippen LogP contribution is -2.41. The molecule has 30 heavy (non-hydrogen) atoms. The van der Waals surface area contributed by atoms with E-state index in [2.05, 4.69) is 16.4 Å². The van der Waals surface area contributed by atoms with Crippen LogP contribution >= 0.6 is 11.6 Å². The van der Waals surface area contributed by atoms with Gasteiger partial charge in [-0.25, -0.2) is 17.8 Å².